The summed E-state index contributed by atoms with van der Waals surface area (Å²) in [7, 11) is -7.55. The Morgan fingerprint density at radius 2 is 1.42 bits per heavy atom. The third-order valence-electron chi connectivity index (χ3n) is 4.92. The molecule has 3 rings (SSSR count). The Morgan fingerprint density at radius 1 is 0.848 bits per heavy atom. The van der Waals surface area contributed by atoms with E-state index in [9.17, 15) is 21.6 Å². The molecule has 0 heterocycles. The Balaban J connectivity index is 1.76. The van der Waals surface area contributed by atoms with E-state index < -0.39 is 32.0 Å². The molecule has 0 aliphatic rings. The first-order valence-corrected chi connectivity index (χ1v) is 13.4. The van der Waals surface area contributed by atoms with Gasteiger partial charge in [-0.15, -0.1) is 0 Å². The second-order valence-electron chi connectivity index (χ2n) is 7.50. The van der Waals surface area contributed by atoms with Crippen LogP contribution in [-0.2, 0) is 24.8 Å². The molecule has 8 nitrogen and oxygen atoms in total. The summed E-state index contributed by atoms with van der Waals surface area (Å²) in [6.07, 6.45) is 1.03. The van der Waals surface area contributed by atoms with Gasteiger partial charge in [-0.1, -0.05) is 36.4 Å². The monoisotopic (exact) mass is 487 g/mol. The lowest BCUT2D eigenvalue weighted by atomic mass is 10.2. The molecule has 0 aliphatic carbocycles. The van der Waals surface area contributed by atoms with Gasteiger partial charge in [0, 0.05) is 5.69 Å². The number of rotatable bonds is 8. The molecule has 3 aromatic rings. The highest BCUT2D eigenvalue weighted by atomic mass is 32.2. The fourth-order valence-electron chi connectivity index (χ4n) is 3.24. The van der Waals surface area contributed by atoms with Gasteiger partial charge in [0.05, 0.1) is 22.5 Å². The van der Waals surface area contributed by atoms with Crippen molar-refractivity contribution >= 4 is 43.0 Å². The van der Waals surface area contributed by atoms with Crippen LogP contribution in [0.4, 0.5) is 17.1 Å². The summed E-state index contributed by atoms with van der Waals surface area (Å²) in [5.74, 6) is -0.557. The van der Waals surface area contributed by atoms with Crippen LogP contribution < -0.4 is 14.3 Å². The van der Waals surface area contributed by atoms with Crippen LogP contribution in [0.5, 0.6) is 0 Å². The van der Waals surface area contributed by atoms with Gasteiger partial charge in [0.25, 0.3) is 10.0 Å². The van der Waals surface area contributed by atoms with E-state index in [0.717, 1.165) is 16.1 Å². The maximum atomic E-state index is 12.8. The zero-order valence-electron chi connectivity index (χ0n) is 18.4. The number of carbonyl (C=O) groups is 1. The van der Waals surface area contributed by atoms with E-state index in [1.807, 2.05) is 6.07 Å². The van der Waals surface area contributed by atoms with Crippen LogP contribution in [0.2, 0.25) is 0 Å². The van der Waals surface area contributed by atoms with Crippen molar-refractivity contribution in [3.63, 3.8) is 0 Å². The van der Waals surface area contributed by atoms with Gasteiger partial charge < -0.3 is 5.32 Å². The minimum atomic E-state index is -3.82. The van der Waals surface area contributed by atoms with Crippen molar-refractivity contribution in [2.75, 3.05) is 20.6 Å². The summed E-state index contributed by atoms with van der Waals surface area (Å²) >= 11 is 0. The molecule has 0 fully saturated rings. The predicted molar refractivity (Wildman–Crippen MR) is 130 cm³/mol. The maximum Gasteiger partial charge on any atom is 0.261 e. The molecule has 3 aromatic carbocycles. The van der Waals surface area contributed by atoms with Crippen molar-refractivity contribution < 1.29 is 21.6 Å². The second-order valence-corrected chi connectivity index (χ2v) is 11.0. The topological polar surface area (TPSA) is 113 Å². The Labute approximate surface area is 194 Å². The predicted octanol–water partition coefficient (Wildman–Crippen LogP) is 3.59. The largest absolute Gasteiger partial charge is 0.324 e. The minimum absolute atomic E-state index is 0.0267. The number of carbonyl (C=O) groups excluding carboxylic acids is 1. The van der Waals surface area contributed by atoms with Crippen LogP contribution >= 0.6 is 0 Å². The first kappa shape index (κ1) is 24.3. The molecule has 0 bridgehead atoms. The maximum absolute atomic E-state index is 12.8. The summed E-state index contributed by atoms with van der Waals surface area (Å²) in [5, 5.41) is 2.64. The lowest BCUT2D eigenvalue weighted by molar-refractivity contribution is -0.116. The quantitative estimate of drug-likeness (QED) is 0.504. The van der Waals surface area contributed by atoms with E-state index in [1.54, 1.807) is 55.5 Å². The van der Waals surface area contributed by atoms with Gasteiger partial charge in [0.15, 0.2) is 0 Å². The molecule has 1 amide bonds. The van der Waals surface area contributed by atoms with Crippen molar-refractivity contribution in [1.82, 2.24) is 0 Å². The number of hydrogen-bond acceptors (Lipinski definition) is 5. The minimum Gasteiger partial charge on any atom is -0.324 e. The molecule has 10 heteroatoms. The van der Waals surface area contributed by atoms with Crippen LogP contribution in [0.3, 0.4) is 0 Å². The van der Waals surface area contributed by atoms with E-state index >= 15 is 0 Å². The summed E-state index contributed by atoms with van der Waals surface area (Å²) in [6, 6.07) is 19.9. The lowest BCUT2D eigenvalue weighted by Crippen LogP contribution is -2.45. The molecule has 0 unspecified atom stereocenters. The van der Waals surface area contributed by atoms with E-state index in [-0.39, 0.29) is 4.90 Å². The summed E-state index contributed by atoms with van der Waals surface area (Å²) in [4.78, 5) is 12.8. The van der Waals surface area contributed by atoms with Crippen molar-refractivity contribution in [3.05, 3.63) is 84.4 Å². The molecule has 0 aromatic heterocycles. The van der Waals surface area contributed by atoms with Crippen molar-refractivity contribution in [2.45, 2.75) is 24.8 Å². The molecular weight excluding hydrogens is 462 g/mol. The number of anilines is 3. The Morgan fingerprint density at radius 3 is 2.00 bits per heavy atom. The Kier molecular flexibility index (Phi) is 7.09. The number of sulfonamides is 2. The van der Waals surface area contributed by atoms with Crippen LogP contribution in [0.15, 0.2) is 83.8 Å². The molecule has 1 atom stereocenters. The molecular formula is C23H25N3O5S2. The SMILES string of the molecule is Cc1ccccc1NS(=O)(=O)c1ccc(NC(=O)[C@@H](C)N(c2ccccc2)S(C)(=O)=O)cc1. The van der Waals surface area contributed by atoms with Crippen molar-refractivity contribution in [2.24, 2.45) is 0 Å². The molecule has 0 saturated heterocycles. The van der Waals surface area contributed by atoms with E-state index in [2.05, 4.69) is 10.0 Å². The third kappa shape index (κ3) is 5.91. The van der Waals surface area contributed by atoms with Crippen molar-refractivity contribution in [3.8, 4) is 0 Å². The number of nitrogens with zero attached hydrogens (tertiary/aromatic N) is 1. The van der Waals surface area contributed by atoms with Crippen LogP contribution in [0.25, 0.3) is 0 Å². The Bertz CT molecular complexity index is 1340. The second kappa shape index (κ2) is 9.63. The van der Waals surface area contributed by atoms with Gasteiger partial charge in [-0.2, -0.15) is 0 Å². The molecule has 174 valence electrons. The molecule has 0 spiro atoms. The fourth-order valence-corrected chi connectivity index (χ4v) is 5.54. The van der Waals surface area contributed by atoms with Crippen LogP contribution in [0, 0.1) is 6.92 Å². The van der Waals surface area contributed by atoms with Gasteiger partial charge in [0.2, 0.25) is 15.9 Å². The number of aryl methyl sites for hydroxylation is 1. The molecule has 2 N–H and O–H groups in total. The highest BCUT2D eigenvalue weighted by molar-refractivity contribution is 7.92. The number of nitrogens with one attached hydrogen (secondary N) is 2. The highest BCUT2D eigenvalue weighted by Crippen LogP contribution is 2.23. The molecule has 0 aliphatic heterocycles. The van der Waals surface area contributed by atoms with Crippen LogP contribution in [-0.4, -0.2) is 35.0 Å². The van der Waals surface area contributed by atoms with Gasteiger partial charge >= 0.3 is 0 Å². The highest BCUT2D eigenvalue weighted by Gasteiger charge is 2.29. The zero-order valence-corrected chi connectivity index (χ0v) is 20.0. The first-order chi connectivity index (χ1) is 15.5. The average molecular weight is 488 g/mol. The smallest absolute Gasteiger partial charge is 0.261 e. The zero-order chi connectivity index (χ0) is 24.2. The van der Waals surface area contributed by atoms with Gasteiger partial charge in [-0.3, -0.25) is 13.8 Å². The van der Waals surface area contributed by atoms with Crippen LogP contribution in [0.1, 0.15) is 12.5 Å². The third-order valence-corrected chi connectivity index (χ3v) is 7.54. The summed E-state index contributed by atoms with van der Waals surface area (Å²) in [6.45, 7) is 3.28. The number of amides is 1. The van der Waals surface area contributed by atoms with Gasteiger partial charge in [-0.05, 0) is 61.9 Å². The number of benzene rings is 3. The normalized spacial score (nSPS) is 12.6. The van der Waals surface area contributed by atoms with Crippen molar-refractivity contribution in [1.29, 1.82) is 0 Å². The van der Waals surface area contributed by atoms with Gasteiger partial charge in [0.1, 0.15) is 6.04 Å². The molecule has 33 heavy (non-hydrogen) atoms. The molecule has 0 saturated carbocycles. The van der Waals surface area contributed by atoms with E-state index in [1.165, 1.54) is 31.2 Å². The lowest BCUT2D eigenvalue weighted by Gasteiger charge is -2.28. The average Bonchev–Trinajstić information content (AvgIpc) is 2.75. The summed E-state index contributed by atoms with van der Waals surface area (Å²) < 4.78 is 53.6. The van der Waals surface area contributed by atoms with E-state index in [4.69, 9.17) is 0 Å². The fraction of sp³-hybridized carbons (Fsp3) is 0.174. The summed E-state index contributed by atoms with van der Waals surface area (Å²) in [5.41, 5.74) is 1.97. The molecule has 0 radical (unpaired) electrons. The standard InChI is InChI=1S/C23H25N3O5S2/c1-17-9-7-8-12-22(17)25-33(30,31)21-15-13-19(14-16-21)24-23(27)18(2)26(32(3,28)29)20-10-5-4-6-11-20/h4-16,18,25H,1-3H3,(H,24,27)/t18-/m1/s1. The number of hydrogen-bond donors (Lipinski definition) is 2. The first-order valence-electron chi connectivity index (χ1n) is 10.0. The van der Waals surface area contributed by atoms with E-state index in [0.29, 0.717) is 17.1 Å². The Hall–Kier alpha value is -3.37. The number of para-hydroxylation sites is 2. The van der Waals surface area contributed by atoms with Gasteiger partial charge in [-0.25, -0.2) is 16.8 Å².